The van der Waals surface area contributed by atoms with Gasteiger partial charge in [-0.15, -0.1) is 0 Å². The summed E-state index contributed by atoms with van der Waals surface area (Å²) in [5, 5.41) is 2.71. The van der Waals surface area contributed by atoms with Crippen molar-refractivity contribution in [1.82, 2.24) is 9.97 Å². The molecular formula is C26H32N3Te+. The molecule has 0 aliphatic heterocycles. The van der Waals surface area contributed by atoms with Crippen molar-refractivity contribution < 1.29 is 4.57 Å². The van der Waals surface area contributed by atoms with Gasteiger partial charge in [-0.25, -0.2) is 0 Å². The Morgan fingerprint density at radius 1 is 1.00 bits per heavy atom. The molecule has 0 amide bonds. The fourth-order valence-electron chi connectivity index (χ4n) is 4.18. The first-order chi connectivity index (χ1) is 14.0. The van der Waals surface area contributed by atoms with Crippen LogP contribution in [-0.4, -0.2) is 30.4 Å². The van der Waals surface area contributed by atoms with Crippen LogP contribution >= 0.6 is 0 Å². The number of rotatable bonds is 2. The van der Waals surface area contributed by atoms with Crippen LogP contribution in [0.3, 0.4) is 0 Å². The van der Waals surface area contributed by atoms with E-state index in [4.69, 9.17) is 9.97 Å². The fraction of sp³-hybridized carbons (Fsp3) is 0.423. The summed E-state index contributed by atoms with van der Waals surface area (Å²) >= 11 is -0.519. The molecule has 0 N–H and O–H groups in total. The van der Waals surface area contributed by atoms with E-state index in [1.165, 1.54) is 40.3 Å². The molecule has 30 heavy (non-hydrogen) atoms. The van der Waals surface area contributed by atoms with Gasteiger partial charge in [-0.3, -0.25) is 0 Å². The molecule has 0 saturated heterocycles. The van der Waals surface area contributed by atoms with Crippen molar-refractivity contribution in [3.05, 3.63) is 51.5 Å². The van der Waals surface area contributed by atoms with Crippen molar-refractivity contribution in [1.29, 1.82) is 0 Å². The molecule has 4 rings (SSSR count). The molecule has 156 valence electrons. The Kier molecular flexibility index (Phi) is 5.32. The summed E-state index contributed by atoms with van der Waals surface area (Å²) in [6.45, 7) is 16.1. The molecule has 0 bridgehead atoms. The number of hydrogen-bond acceptors (Lipinski definition) is 2. The number of fused-ring (bicyclic) bond motifs is 2. The van der Waals surface area contributed by atoms with Gasteiger partial charge >= 0.3 is 190 Å². The van der Waals surface area contributed by atoms with Gasteiger partial charge in [0, 0.05) is 0 Å². The third-order valence-corrected chi connectivity index (χ3v) is 8.63. The second-order valence-electron chi connectivity index (χ2n) is 10.6. The number of hydrogen-bond donors (Lipinski definition) is 0. The first-order valence-electron chi connectivity index (χ1n) is 10.6. The zero-order valence-electron chi connectivity index (χ0n) is 19.4. The maximum atomic E-state index is 4.98. The summed E-state index contributed by atoms with van der Waals surface area (Å²) in [5.74, 6) is 0. The Morgan fingerprint density at radius 2 is 1.67 bits per heavy atom. The summed E-state index contributed by atoms with van der Waals surface area (Å²) < 4.78 is 4.98. The van der Waals surface area contributed by atoms with Crippen molar-refractivity contribution in [3.63, 3.8) is 0 Å². The van der Waals surface area contributed by atoms with Gasteiger partial charge in [0.05, 0.1) is 0 Å². The van der Waals surface area contributed by atoms with Crippen LogP contribution in [0.5, 0.6) is 0 Å². The molecule has 0 aliphatic rings. The molecule has 0 saturated carbocycles. The average molecular weight is 514 g/mol. The van der Waals surface area contributed by atoms with E-state index in [2.05, 4.69) is 90.4 Å². The molecule has 0 spiro atoms. The molecule has 2 aromatic carbocycles. The zero-order chi connectivity index (χ0) is 21.8. The quantitative estimate of drug-likeness (QED) is 0.261. The van der Waals surface area contributed by atoms with Gasteiger partial charge in [-0.1, -0.05) is 0 Å². The van der Waals surface area contributed by atoms with Gasteiger partial charge in [0.15, 0.2) is 0 Å². The van der Waals surface area contributed by atoms with E-state index in [-0.39, 0.29) is 10.8 Å². The number of aryl methyl sites for hydroxylation is 2. The Morgan fingerprint density at radius 3 is 2.30 bits per heavy atom. The predicted octanol–water partition coefficient (Wildman–Crippen LogP) is 5.53. The van der Waals surface area contributed by atoms with E-state index in [0.29, 0.717) is 0 Å². The Hall–Kier alpha value is -1.76. The maximum absolute atomic E-state index is 4.98. The molecule has 4 aromatic rings. The van der Waals surface area contributed by atoms with Gasteiger partial charge in [0.2, 0.25) is 0 Å². The van der Waals surface area contributed by atoms with Gasteiger partial charge in [0.1, 0.15) is 0 Å². The van der Waals surface area contributed by atoms with Crippen LogP contribution in [0.25, 0.3) is 31.1 Å². The molecule has 0 unspecified atom stereocenters. The topological polar surface area (TPSA) is 29.7 Å². The van der Waals surface area contributed by atoms with Gasteiger partial charge in [0.25, 0.3) is 0 Å². The Labute approximate surface area is 189 Å². The molecule has 0 radical (unpaired) electrons. The van der Waals surface area contributed by atoms with Crippen molar-refractivity contribution in [2.24, 2.45) is 12.5 Å². The van der Waals surface area contributed by atoms with Crippen LogP contribution in [0.1, 0.15) is 56.4 Å². The van der Waals surface area contributed by atoms with Crippen LogP contribution in [0.4, 0.5) is 0 Å². The van der Waals surface area contributed by atoms with Gasteiger partial charge in [-0.2, -0.15) is 0 Å². The van der Waals surface area contributed by atoms with Crippen LogP contribution in [-0.2, 0) is 18.9 Å². The van der Waals surface area contributed by atoms with E-state index >= 15 is 0 Å². The van der Waals surface area contributed by atoms with E-state index in [9.17, 15) is 0 Å². The van der Waals surface area contributed by atoms with Gasteiger partial charge in [-0.05, 0) is 0 Å². The van der Waals surface area contributed by atoms with Crippen LogP contribution in [0.2, 0.25) is 0 Å². The standard InChI is InChI=1S/C26H32N3Te/c1-16-17-11-9-10-12-18(17)20(26(5,6)7)13-19(16)22-23-24(27-15-29(22)8)28-21(30-23)14-25(2,3)4/h9-13,15H,14H2,1-8H3/q+1. The number of aromatic nitrogens is 3. The van der Waals surface area contributed by atoms with Crippen molar-refractivity contribution >= 4 is 40.3 Å². The first kappa shape index (κ1) is 21.5. The normalized spacial score (nSPS) is 12.8. The van der Waals surface area contributed by atoms with Crippen molar-refractivity contribution in [2.45, 2.75) is 60.3 Å². The Bertz CT molecular complexity index is 1250. The van der Waals surface area contributed by atoms with Crippen molar-refractivity contribution in [3.8, 4) is 11.3 Å². The molecule has 3 nitrogen and oxygen atoms in total. The summed E-state index contributed by atoms with van der Waals surface area (Å²) in [5.41, 5.74) is 6.67. The molecule has 0 aliphatic carbocycles. The monoisotopic (exact) mass is 516 g/mol. The summed E-state index contributed by atoms with van der Waals surface area (Å²) in [4.78, 5) is 9.67. The van der Waals surface area contributed by atoms with E-state index in [1.54, 1.807) is 0 Å². The van der Waals surface area contributed by atoms with Crippen molar-refractivity contribution in [2.75, 3.05) is 0 Å². The molecule has 0 atom stereocenters. The molecule has 0 fully saturated rings. The van der Waals surface area contributed by atoms with E-state index < -0.39 is 20.4 Å². The third-order valence-electron chi connectivity index (χ3n) is 5.63. The van der Waals surface area contributed by atoms with Crippen LogP contribution < -0.4 is 4.57 Å². The zero-order valence-corrected chi connectivity index (χ0v) is 21.8. The number of benzene rings is 2. The summed E-state index contributed by atoms with van der Waals surface area (Å²) in [6, 6.07) is 11.3. The second kappa shape index (κ2) is 7.43. The Balaban J connectivity index is 2.05. The SMILES string of the molecule is Cc1c(-c2c3[te]c(CC(C)(C)C)nc3nc[n+]2C)cc(C(C)(C)C)c2ccccc12. The van der Waals surface area contributed by atoms with Crippen LogP contribution in [0, 0.1) is 12.3 Å². The average Bonchev–Trinajstić information content (AvgIpc) is 3.02. The van der Waals surface area contributed by atoms with Gasteiger partial charge < -0.3 is 0 Å². The molecule has 2 heterocycles. The van der Waals surface area contributed by atoms with E-state index in [1.807, 2.05) is 6.33 Å². The summed E-state index contributed by atoms with van der Waals surface area (Å²) in [7, 11) is 2.13. The fourth-order valence-corrected chi connectivity index (χ4v) is 8.22. The molecular weight excluding hydrogens is 482 g/mol. The van der Waals surface area contributed by atoms with Crippen LogP contribution in [0.15, 0.2) is 36.7 Å². The minimum atomic E-state index is -0.519. The predicted molar refractivity (Wildman–Crippen MR) is 127 cm³/mol. The first-order valence-corrected chi connectivity index (χ1v) is 13.0. The number of nitrogens with zero attached hydrogens (tertiary/aromatic N) is 3. The third kappa shape index (κ3) is 3.93. The van der Waals surface area contributed by atoms with E-state index in [0.717, 1.165) is 12.1 Å². The summed E-state index contributed by atoms with van der Waals surface area (Å²) in [6.07, 6.45) is 2.99. The minimum absolute atomic E-state index is 0.0709. The molecule has 4 heteroatoms. The second-order valence-corrected chi connectivity index (χ2v) is 13.7. The molecule has 2 aromatic heterocycles.